The van der Waals surface area contributed by atoms with Crippen LogP contribution >= 0.6 is 0 Å². The molecule has 0 amide bonds. The van der Waals surface area contributed by atoms with Crippen molar-refractivity contribution in [3.05, 3.63) is 212 Å². The molecule has 10 aromatic rings. The number of benzene rings is 8. The van der Waals surface area contributed by atoms with Gasteiger partial charge in [-0.2, -0.15) is 0 Å². The van der Waals surface area contributed by atoms with Crippen LogP contribution in [0.4, 0.5) is 0 Å². The molecule has 0 unspecified atom stereocenters. The van der Waals surface area contributed by atoms with Crippen LogP contribution in [-0.2, 0) is 5.41 Å². The van der Waals surface area contributed by atoms with Gasteiger partial charge in [0.05, 0.1) is 11.4 Å². The maximum Gasteiger partial charge on any atom is 0.161 e. The van der Waals surface area contributed by atoms with Crippen LogP contribution in [0.3, 0.4) is 0 Å². The molecule has 0 saturated carbocycles. The van der Waals surface area contributed by atoms with Crippen molar-refractivity contribution in [2.45, 2.75) is 19.3 Å². The molecule has 0 saturated heterocycles. The molecular weight excluding hydrogens is 715 g/mol. The van der Waals surface area contributed by atoms with Gasteiger partial charge in [0, 0.05) is 34.5 Å². The van der Waals surface area contributed by atoms with E-state index in [0.717, 1.165) is 50.0 Å². The maximum atomic E-state index is 5.25. The molecule has 0 bridgehead atoms. The molecule has 278 valence electrons. The van der Waals surface area contributed by atoms with E-state index in [0.29, 0.717) is 5.82 Å². The van der Waals surface area contributed by atoms with E-state index >= 15 is 0 Å². The first-order chi connectivity index (χ1) is 29.0. The summed E-state index contributed by atoms with van der Waals surface area (Å²) in [5.74, 6) is 0.699. The van der Waals surface area contributed by atoms with Crippen molar-refractivity contribution in [1.29, 1.82) is 0 Å². The first-order valence-corrected chi connectivity index (χ1v) is 20.3. The fourth-order valence-electron chi connectivity index (χ4n) is 9.31. The lowest BCUT2D eigenvalue weighted by Crippen LogP contribution is -2.15. The second kappa shape index (κ2) is 13.9. The van der Waals surface area contributed by atoms with Gasteiger partial charge in [0.15, 0.2) is 5.82 Å². The van der Waals surface area contributed by atoms with Crippen molar-refractivity contribution in [2.75, 3.05) is 0 Å². The van der Waals surface area contributed by atoms with Crippen molar-refractivity contribution in [3.63, 3.8) is 0 Å². The number of rotatable bonds is 6. The smallest absolute Gasteiger partial charge is 0.161 e. The topological polar surface area (TPSA) is 38.7 Å². The highest BCUT2D eigenvalue weighted by Gasteiger charge is 2.38. The lowest BCUT2D eigenvalue weighted by Gasteiger charge is -2.23. The molecule has 2 heterocycles. The van der Waals surface area contributed by atoms with Gasteiger partial charge in [0.1, 0.15) is 0 Å². The maximum absolute atomic E-state index is 5.25. The van der Waals surface area contributed by atoms with Gasteiger partial charge >= 0.3 is 0 Å². The monoisotopic (exact) mass is 753 g/mol. The predicted octanol–water partition coefficient (Wildman–Crippen LogP) is 14.5. The highest BCUT2D eigenvalue weighted by Crippen LogP contribution is 2.54. The number of hydrogen-bond donors (Lipinski definition) is 0. The first kappa shape index (κ1) is 34.7. The Morgan fingerprint density at radius 2 is 0.966 bits per heavy atom. The Morgan fingerprint density at radius 1 is 0.390 bits per heavy atom. The largest absolute Gasteiger partial charge is 0.264 e. The minimum atomic E-state index is -0.0991. The van der Waals surface area contributed by atoms with Gasteiger partial charge in [-0.15, -0.1) is 0 Å². The second-order valence-corrected chi connectivity index (χ2v) is 16.0. The van der Waals surface area contributed by atoms with E-state index in [-0.39, 0.29) is 5.41 Å². The van der Waals surface area contributed by atoms with Crippen molar-refractivity contribution < 1.29 is 0 Å². The molecule has 59 heavy (non-hydrogen) atoms. The number of pyridine rings is 1. The first-order valence-electron chi connectivity index (χ1n) is 20.3. The summed E-state index contributed by atoms with van der Waals surface area (Å²) in [6, 6.07) is 67.5. The minimum absolute atomic E-state index is 0.0991. The highest BCUT2D eigenvalue weighted by molar-refractivity contribution is 6.05. The molecule has 1 aliphatic rings. The molecule has 1 aliphatic carbocycles. The molecular formula is C56H39N3. The molecule has 3 heteroatoms. The zero-order chi connectivity index (χ0) is 39.5. The fourth-order valence-corrected chi connectivity index (χ4v) is 9.31. The fraction of sp³-hybridized carbons (Fsp3) is 0.0536. The summed E-state index contributed by atoms with van der Waals surface area (Å²) >= 11 is 0. The summed E-state index contributed by atoms with van der Waals surface area (Å²) in [4.78, 5) is 14.8. The third kappa shape index (κ3) is 5.85. The molecule has 0 radical (unpaired) electrons. The Labute approximate surface area is 344 Å². The number of nitrogens with zero attached hydrogens (tertiary/aromatic N) is 3. The summed E-state index contributed by atoms with van der Waals surface area (Å²) < 4.78 is 0. The van der Waals surface area contributed by atoms with E-state index in [1.807, 2.05) is 18.3 Å². The van der Waals surface area contributed by atoms with Gasteiger partial charge in [-0.3, -0.25) is 4.98 Å². The summed E-state index contributed by atoms with van der Waals surface area (Å²) in [6.07, 6.45) is 3.69. The van der Waals surface area contributed by atoms with Gasteiger partial charge in [-0.1, -0.05) is 184 Å². The molecule has 3 nitrogen and oxygen atoms in total. The standard InChI is InChI=1S/C56H39N3/c1-56(2)50-20-10-19-44(53(50)49-30-29-37-12-6-7-16-45(37)54(49)56)39-25-23-38(24-26-39)43-31-32-48(47-18-9-8-17-46(43)47)55-58-51(40-13-4-3-5-14-40)34-52(59-55)41-27-21-36(22-28-41)42-15-11-33-57-35-42/h3-35H,1-2H3. The zero-order valence-corrected chi connectivity index (χ0v) is 32.9. The van der Waals surface area contributed by atoms with Crippen LogP contribution in [0.2, 0.25) is 0 Å². The van der Waals surface area contributed by atoms with Crippen LogP contribution in [0.1, 0.15) is 25.0 Å². The van der Waals surface area contributed by atoms with E-state index in [2.05, 4.69) is 195 Å². The molecule has 0 aliphatic heterocycles. The van der Waals surface area contributed by atoms with Gasteiger partial charge in [-0.05, 0) is 95.4 Å². The third-order valence-corrected chi connectivity index (χ3v) is 12.2. The van der Waals surface area contributed by atoms with Crippen LogP contribution in [0.15, 0.2) is 200 Å². The lowest BCUT2D eigenvalue weighted by molar-refractivity contribution is 0.666. The van der Waals surface area contributed by atoms with Gasteiger partial charge in [0.2, 0.25) is 0 Å². The van der Waals surface area contributed by atoms with Gasteiger partial charge < -0.3 is 0 Å². The Morgan fingerprint density at radius 3 is 1.69 bits per heavy atom. The van der Waals surface area contributed by atoms with Crippen LogP contribution in [0.25, 0.3) is 100.0 Å². The molecule has 0 fully saturated rings. The van der Waals surface area contributed by atoms with Crippen LogP contribution in [0, 0.1) is 0 Å². The van der Waals surface area contributed by atoms with E-state index in [9.17, 15) is 0 Å². The highest BCUT2D eigenvalue weighted by atomic mass is 14.9. The molecule has 0 atom stereocenters. The predicted molar refractivity (Wildman–Crippen MR) is 245 cm³/mol. The van der Waals surface area contributed by atoms with E-state index < -0.39 is 0 Å². The third-order valence-electron chi connectivity index (χ3n) is 12.2. The lowest BCUT2D eigenvalue weighted by atomic mass is 9.80. The Hall–Kier alpha value is -7.49. The summed E-state index contributed by atoms with van der Waals surface area (Å²) in [5, 5.41) is 4.91. The van der Waals surface area contributed by atoms with Gasteiger partial charge in [-0.25, -0.2) is 9.97 Å². The van der Waals surface area contributed by atoms with E-state index in [4.69, 9.17) is 9.97 Å². The zero-order valence-electron chi connectivity index (χ0n) is 32.9. The van der Waals surface area contributed by atoms with Crippen molar-refractivity contribution >= 4 is 21.5 Å². The number of fused-ring (bicyclic) bond motifs is 6. The molecule has 0 spiro atoms. The average molecular weight is 754 g/mol. The minimum Gasteiger partial charge on any atom is -0.264 e. The molecule has 8 aromatic carbocycles. The average Bonchev–Trinajstić information content (AvgIpc) is 3.55. The van der Waals surface area contributed by atoms with Crippen molar-refractivity contribution in [1.82, 2.24) is 15.0 Å². The summed E-state index contributed by atoms with van der Waals surface area (Å²) in [5.41, 5.74) is 17.3. The second-order valence-electron chi connectivity index (χ2n) is 16.0. The van der Waals surface area contributed by atoms with Crippen LogP contribution in [0.5, 0.6) is 0 Å². The quantitative estimate of drug-likeness (QED) is 0.170. The SMILES string of the molecule is CC1(C)c2cccc(-c3ccc(-c4ccc(-c5nc(-c6ccccc6)cc(-c6ccc(-c7cccnc7)cc6)n5)c5ccccc45)cc3)c2-c2ccc3ccccc3c21. The molecule has 0 N–H and O–H groups in total. The van der Waals surface area contributed by atoms with Crippen molar-refractivity contribution in [3.8, 4) is 78.4 Å². The number of hydrogen-bond acceptors (Lipinski definition) is 3. The van der Waals surface area contributed by atoms with Crippen LogP contribution in [-0.4, -0.2) is 15.0 Å². The Kier molecular flexibility index (Phi) is 8.16. The van der Waals surface area contributed by atoms with Crippen LogP contribution < -0.4 is 0 Å². The summed E-state index contributed by atoms with van der Waals surface area (Å²) in [6.45, 7) is 4.74. The van der Waals surface area contributed by atoms with E-state index in [1.165, 1.54) is 55.3 Å². The normalized spacial score (nSPS) is 12.7. The number of aromatic nitrogens is 3. The molecule has 11 rings (SSSR count). The van der Waals surface area contributed by atoms with Gasteiger partial charge in [0.25, 0.3) is 0 Å². The summed E-state index contributed by atoms with van der Waals surface area (Å²) in [7, 11) is 0. The Balaban J connectivity index is 0.991. The van der Waals surface area contributed by atoms with E-state index in [1.54, 1.807) is 6.20 Å². The Bertz CT molecular complexity index is 3200. The van der Waals surface area contributed by atoms with Crippen molar-refractivity contribution in [2.24, 2.45) is 0 Å². The molecule has 2 aromatic heterocycles.